The molecule has 0 fully saturated rings. The van der Waals surface area contributed by atoms with Crippen LogP contribution in [0.2, 0.25) is 0 Å². The van der Waals surface area contributed by atoms with Gasteiger partial charge in [-0.3, -0.25) is 4.99 Å². The minimum atomic E-state index is 0. The first kappa shape index (κ1) is 21.5. The normalized spacial score (nSPS) is 14.7. The van der Waals surface area contributed by atoms with Crippen molar-refractivity contribution < 1.29 is 14.6 Å². The molecule has 0 aromatic heterocycles. The second-order valence-electron chi connectivity index (χ2n) is 7.20. The predicted molar refractivity (Wildman–Crippen MR) is 125 cm³/mol. The van der Waals surface area contributed by atoms with Crippen LogP contribution in [0, 0.1) is 0 Å². The molecule has 4 rings (SSSR count). The van der Waals surface area contributed by atoms with Gasteiger partial charge in [-0.05, 0) is 67.0 Å². The van der Waals surface area contributed by atoms with Gasteiger partial charge < -0.3 is 25.2 Å². The number of ether oxygens (including phenoxy) is 2. The van der Waals surface area contributed by atoms with Crippen molar-refractivity contribution in [1.29, 1.82) is 0 Å². The number of aliphatic imine (C=N–C) groups is 1. The standard InChI is InChI=1S/C22H27N3O3.HI/c1-23-22(24-11-10-15-6-9-20-21(12-15)28-14-27-20)25-13-18-17-5-3-2-4-16(17)7-8-19(18)26;/h6-9,12,26H,2-5,10-11,13-14H2,1H3,(H2,23,24,25);1H. The van der Waals surface area contributed by atoms with Gasteiger partial charge in [-0.25, -0.2) is 0 Å². The van der Waals surface area contributed by atoms with Crippen LogP contribution in [0.5, 0.6) is 17.2 Å². The van der Waals surface area contributed by atoms with Gasteiger partial charge in [0.2, 0.25) is 6.79 Å². The fourth-order valence-corrected chi connectivity index (χ4v) is 3.90. The fourth-order valence-electron chi connectivity index (χ4n) is 3.90. The summed E-state index contributed by atoms with van der Waals surface area (Å²) < 4.78 is 10.8. The Labute approximate surface area is 188 Å². The second-order valence-corrected chi connectivity index (χ2v) is 7.20. The highest BCUT2D eigenvalue weighted by Crippen LogP contribution is 2.32. The fraction of sp³-hybridized carbons (Fsp3) is 0.409. The molecule has 1 aliphatic carbocycles. The summed E-state index contributed by atoms with van der Waals surface area (Å²) in [6, 6.07) is 9.91. The SMILES string of the molecule is CN=C(NCCc1ccc2c(c1)OCO2)NCc1c(O)ccc2c1CCCC2.I. The van der Waals surface area contributed by atoms with E-state index in [-0.39, 0.29) is 24.0 Å². The molecular formula is C22H28IN3O3. The van der Waals surface area contributed by atoms with Crippen LogP contribution in [0.15, 0.2) is 35.3 Å². The van der Waals surface area contributed by atoms with Crippen LogP contribution in [0.4, 0.5) is 0 Å². The van der Waals surface area contributed by atoms with E-state index in [1.807, 2.05) is 18.2 Å². The van der Waals surface area contributed by atoms with Gasteiger partial charge in [0.25, 0.3) is 0 Å². The molecule has 156 valence electrons. The van der Waals surface area contributed by atoms with E-state index >= 15 is 0 Å². The Morgan fingerprint density at radius 1 is 1.07 bits per heavy atom. The first-order chi connectivity index (χ1) is 13.7. The van der Waals surface area contributed by atoms with Crippen LogP contribution < -0.4 is 20.1 Å². The number of guanidine groups is 1. The lowest BCUT2D eigenvalue weighted by Gasteiger charge is -2.21. The summed E-state index contributed by atoms with van der Waals surface area (Å²) in [4.78, 5) is 4.30. The molecule has 0 spiro atoms. The van der Waals surface area contributed by atoms with Crippen molar-refractivity contribution in [2.24, 2.45) is 4.99 Å². The maximum atomic E-state index is 10.3. The van der Waals surface area contributed by atoms with Gasteiger partial charge >= 0.3 is 0 Å². The minimum Gasteiger partial charge on any atom is -0.508 e. The average molecular weight is 509 g/mol. The van der Waals surface area contributed by atoms with Gasteiger partial charge in [0.15, 0.2) is 17.5 Å². The molecule has 2 aromatic carbocycles. The minimum absolute atomic E-state index is 0. The third kappa shape index (κ3) is 5.07. The highest BCUT2D eigenvalue weighted by molar-refractivity contribution is 14.0. The summed E-state index contributed by atoms with van der Waals surface area (Å²) in [6.45, 7) is 1.61. The number of hydrogen-bond acceptors (Lipinski definition) is 4. The Hall–Kier alpha value is -2.16. The number of nitrogens with one attached hydrogen (secondary N) is 2. The van der Waals surface area contributed by atoms with Crippen LogP contribution in [-0.4, -0.2) is 31.5 Å². The first-order valence-electron chi connectivity index (χ1n) is 9.90. The van der Waals surface area contributed by atoms with E-state index in [0.29, 0.717) is 19.1 Å². The van der Waals surface area contributed by atoms with Crippen molar-refractivity contribution in [2.75, 3.05) is 20.4 Å². The number of halogens is 1. The summed E-state index contributed by atoms with van der Waals surface area (Å²) in [7, 11) is 1.76. The third-order valence-electron chi connectivity index (χ3n) is 5.43. The molecule has 3 N–H and O–H groups in total. The van der Waals surface area contributed by atoms with Gasteiger partial charge in [0.1, 0.15) is 5.75 Å². The number of phenols is 1. The van der Waals surface area contributed by atoms with E-state index in [0.717, 1.165) is 48.8 Å². The van der Waals surface area contributed by atoms with Crippen molar-refractivity contribution in [3.8, 4) is 17.2 Å². The van der Waals surface area contributed by atoms with Crippen molar-refractivity contribution >= 4 is 29.9 Å². The lowest BCUT2D eigenvalue weighted by molar-refractivity contribution is 0.174. The van der Waals surface area contributed by atoms with Crippen LogP contribution in [0.25, 0.3) is 0 Å². The molecule has 7 heteroatoms. The van der Waals surface area contributed by atoms with E-state index < -0.39 is 0 Å². The topological polar surface area (TPSA) is 75.1 Å². The lowest BCUT2D eigenvalue weighted by Crippen LogP contribution is -2.38. The number of benzene rings is 2. The van der Waals surface area contributed by atoms with E-state index in [1.165, 1.54) is 29.5 Å². The summed E-state index contributed by atoms with van der Waals surface area (Å²) in [5.41, 5.74) is 4.85. The molecule has 6 nitrogen and oxygen atoms in total. The number of aryl methyl sites for hydroxylation is 1. The molecule has 0 saturated carbocycles. The monoisotopic (exact) mass is 509 g/mol. The summed E-state index contributed by atoms with van der Waals surface area (Å²) in [6.07, 6.45) is 5.41. The largest absolute Gasteiger partial charge is 0.508 e. The molecule has 0 saturated heterocycles. The van der Waals surface area contributed by atoms with Crippen LogP contribution >= 0.6 is 24.0 Å². The summed E-state index contributed by atoms with van der Waals surface area (Å²) >= 11 is 0. The van der Waals surface area contributed by atoms with E-state index in [4.69, 9.17) is 9.47 Å². The molecule has 0 unspecified atom stereocenters. The van der Waals surface area contributed by atoms with E-state index in [2.05, 4.69) is 27.8 Å². The van der Waals surface area contributed by atoms with Crippen molar-refractivity contribution in [3.63, 3.8) is 0 Å². The molecule has 0 bridgehead atoms. The van der Waals surface area contributed by atoms with Gasteiger partial charge in [0, 0.05) is 25.7 Å². The molecule has 1 aliphatic heterocycles. The molecule has 0 radical (unpaired) electrons. The van der Waals surface area contributed by atoms with Crippen LogP contribution in [-0.2, 0) is 25.8 Å². The molecule has 29 heavy (non-hydrogen) atoms. The Balaban J connectivity index is 0.00000240. The number of fused-ring (bicyclic) bond motifs is 2. The lowest BCUT2D eigenvalue weighted by atomic mass is 9.88. The highest BCUT2D eigenvalue weighted by Gasteiger charge is 2.17. The number of aromatic hydroxyl groups is 1. The molecule has 0 atom stereocenters. The van der Waals surface area contributed by atoms with E-state index in [1.54, 1.807) is 7.05 Å². The van der Waals surface area contributed by atoms with Crippen molar-refractivity contribution in [2.45, 2.75) is 38.6 Å². The van der Waals surface area contributed by atoms with Gasteiger partial charge in [0.05, 0.1) is 0 Å². The number of nitrogens with zero attached hydrogens (tertiary/aromatic N) is 1. The smallest absolute Gasteiger partial charge is 0.231 e. The van der Waals surface area contributed by atoms with Crippen molar-refractivity contribution in [3.05, 3.63) is 52.6 Å². The van der Waals surface area contributed by atoms with E-state index in [9.17, 15) is 5.11 Å². The zero-order chi connectivity index (χ0) is 19.3. The molecule has 1 heterocycles. The van der Waals surface area contributed by atoms with Gasteiger partial charge in [-0.1, -0.05) is 12.1 Å². The molecular weight excluding hydrogens is 481 g/mol. The Kier molecular flexibility index (Phi) is 7.46. The Morgan fingerprint density at radius 3 is 2.76 bits per heavy atom. The Morgan fingerprint density at radius 2 is 1.90 bits per heavy atom. The summed E-state index contributed by atoms with van der Waals surface area (Å²) in [5.74, 6) is 2.71. The maximum absolute atomic E-state index is 10.3. The van der Waals surface area contributed by atoms with Gasteiger partial charge in [-0.15, -0.1) is 24.0 Å². The second kappa shape index (κ2) is 10.0. The van der Waals surface area contributed by atoms with Crippen molar-refractivity contribution in [1.82, 2.24) is 10.6 Å². The quantitative estimate of drug-likeness (QED) is 0.327. The number of rotatable bonds is 5. The number of phenolic OH excluding ortho intramolecular Hbond substituents is 1. The zero-order valence-electron chi connectivity index (χ0n) is 16.7. The Bertz CT molecular complexity index is 886. The maximum Gasteiger partial charge on any atom is 0.231 e. The molecule has 2 aromatic rings. The molecule has 2 aliphatic rings. The average Bonchev–Trinajstić information content (AvgIpc) is 3.19. The van der Waals surface area contributed by atoms with Gasteiger partial charge in [-0.2, -0.15) is 0 Å². The van der Waals surface area contributed by atoms with Crippen LogP contribution in [0.3, 0.4) is 0 Å². The third-order valence-corrected chi connectivity index (χ3v) is 5.43. The highest BCUT2D eigenvalue weighted by atomic mass is 127. The molecule has 0 amide bonds. The van der Waals surface area contributed by atoms with Crippen LogP contribution in [0.1, 0.15) is 35.1 Å². The summed E-state index contributed by atoms with van der Waals surface area (Å²) in [5, 5.41) is 17.0. The predicted octanol–water partition coefficient (Wildman–Crippen LogP) is 3.53. The zero-order valence-corrected chi connectivity index (χ0v) is 19.0. The number of hydrogen-bond donors (Lipinski definition) is 3. The first-order valence-corrected chi connectivity index (χ1v) is 9.90.